The van der Waals surface area contributed by atoms with Crippen LogP contribution in [0.5, 0.6) is 5.75 Å². The first-order valence-electron chi connectivity index (χ1n) is 7.84. The second kappa shape index (κ2) is 9.17. The van der Waals surface area contributed by atoms with E-state index in [4.69, 9.17) is 9.47 Å². The number of carbonyl (C=O) groups excluding carboxylic acids is 2. The Bertz CT molecular complexity index is 774. The summed E-state index contributed by atoms with van der Waals surface area (Å²) in [6, 6.07) is 14.5. The van der Waals surface area contributed by atoms with E-state index in [1.807, 2.05) is 36.4 Å². The van der Waals surface area contributed by atoms with E-state index in [0.717, 1.165) is 16.8 Å². The van der Waals surface area contributed by atoms with Gasteiger partial charge in [0.1, 0.15) is 5.75 Å². The smallest absolute Gasteiger partial charge is 0.330 e. The third-order valence-electron chi connectivity index (χ3n) is 3.10. The second-order valence-corrected chi connectivity index (χ2v) is 5.10. The molecule has 0 amide bonds. The number of nitrogens with zero attached hydrogens (tertiary/aromatic N) is 1. The van der Waals surface area contributed by atoms with Crippen molar-refractivity contribution in [2.45, 2.75) is 13.8 Å². The molecule has 0 fully saturated rings. The molecule has 0 heterocycles. The van der Waals surface area contributed by atoms with Gasteiger partial charge in [0.25, 0.3) is 0 Å². The zero-order valence-corrected chi connectivity index (χ0v) is 14.1. The van der Waals surface area contributed by atoms with Gasteiger partial charge in [0.15, 0.2) is 0 Å². The molecule has 0 unspecified atom stereocenters. The third-order valence-corrected chi connectivity index (χ3v) is 3.10. The van der Waals surface area contributed by atoms with Crippen LogP contribution in [0.15, 0.2) is 59.6 Å². The number of esters is 2. The molecule has 0 aliphatic heterocycles. The number of rotatable bonds is 6. The lowest BCUT2D eigenvalue weighted by atomic mass is 10.2. The lowest BCUT2D eigenvalue weighted by Gasteiger charge is -2.01. The number of aliphatic imine (C=N–C) groups is 1. The van der Waals surface area contributed by atoms with Gasteiger partial charge in [-0.1, -0.05) is 12.1 Å². The number of hydrogen-bond acceptors (Lipinski definition) is 5. The highest BCUT2D eigenvalue weighted by molar-refractivity contribution is 5.87. The maximum absolute atomic E-state index is 11.3. The lowest BCUT2D eigenvalue weighted by Crippen LogP contribution is -2.00. The van der Waals surface area contributed by atoms with Gasteiger partial charge in [-0.3, -0.25) is 9.79 Å². The summed E-state index contributed by atoms with van der Waals surface area (Å²) in [7, 11) is 0. The van der Waals surface area contributed by atoms with E-state index < -0.39 is 0 Å². The van der Waals surface area contributed by atoms with Gasteiger partial charge in [-0.15, -0.1) is 0 Å². The Morgan fingerprint density at radius 3 is 2.24 bits per heavy atom. The van der Waals surface area contributed by atoms with Crippen LogP contribution in [-0.2, 0) is 14.3 Å². The zero-order valence-electron chi connectivity index (χ0n) is 14.1. The average molecular weight is 337 g/mol. The number of benzene rings is 2. The molecule has 0 aliphatic carbocycles. The summed E-state index contributed by atoms with van der Waals surface area (Å²) in [5.74, 6) is -0.206. The first kappa shape index (κ1) is 18.1. The van der Waals surface area contributed by atoms with Gasteiger partial charge >= 0.3 is 11.9 Å². The molecule has 0 aromatic heterocycles. The van der Waals surface area contributed by atoms with Crippen LogP contribution in [0.1, 0.15) is 25.0 Å². The number of hydrogen-bond donors (Lipinski definition) is 0. The summed E-state index contributed by atoms with van der Waals surface area (Å²) in [6.07, 6.45) is 4.81. The van der Waals surface area contributed by atoms with Crippen LogP contribution in [0.2, 0.25) is 0 Å². The van der Waals surface area contributed by atoms with Gasteiger partial charge in [-0.2, -0.15) is 0 Å². The first-order chi connectivity index (χ1) is 12.1. The van der Waals surface area contributed by atoms with E-state index in [0.29, 0.717) is 12.4 Å². The Kier molecular flexibility index (Phi) is 6.65. The molecule has 0 N–H and O–H groups in total. The Hall–Kier alpha value is -3.21. The summed E-state index contributed by atoms with van der Waals surface area (Å²) < 4.78 is 9.80. The van der Waals surface area contributed by atoms with Gasteiger partial charge in [0.05, 0.1) is 12.3 Å². The van der Waals surface area contributed by atoms with Crippen molar-refractivity contribution >= 4 is 29.9 Å². The van der Waals surface area contributed by atoms with Crippen molar-refractivity contribution in [2.75, 3.05) is 6.61 Å². The fraction of sp³-hybridized carbons (Fsp3) is 0.150. The Labute approximate surface area is 146 Å². The second-order valence-electron chi connectivity index (χ2n) is 5.10. The fourth-order valence-corrected chi connectivity index (χ4v) is 1.96. The summed E-state index contributed by atoms with van der Waals surface area (Å²) in [5, 5.41) is 0. The standard InChI is InChI=1S/C20H19NO4/c1-3-24-20(23)13-8-16-4-9-18(10-5-16)21-14-17-6-11-19(12-7-17)25-15(2)22/h4-14H,3H2,1-2H3. The zero-order chi connectivity index (χ0) is 18.1. The molecule has 2 aromatic rings. The van der Waals surface area contributed by atoms with Crippen LogP contribution < -0.4 is 4.74 Å². The van der Waals surface area contributed by atoms with Crippen molar-refractivity contribution in [2.24, 2.45) is 4.99 Å². The van der Waals surface area contributed by atoms with Gasteiger partial charge in [-0.25, -0.2) is 4.79 Å². The highest BCUT2D eigenvalue weighted by Crippen LogP contribution is 2.15. The fourth-order valence-electron chi connectivity index (χ4n) is 1.96. The van der Waals surface area contributed by atoms with E-state index in [2.05, 4.69) is 4.99 Å². The Morgan fingerprint density at radius 2 is 1.64 bits per heavy atom. The molecule has 128 valence electrons. The largest absolute Gasteiger partial charge is 0.463 e. The van der Waals surface area contributed by atoms with Crippen LogP contribution in [0.25, 0.3) is 6.08 Å². The van der Waals surface area contributed by atoms with Crippen molar-refractivity contribution in [1.82, 2.24) is 0 Å². The molecule has 0 radical (unpaired) electrons. The van der Waals surface area contributed by atoms with Crippen molar-refractivity contribution in [3.05, 3.63) is 65.7 Å². The summed E-state index contributed by atoms with van der Waals surface area (Å²) >= 11 is 0. The van der Waals surface area contributed by atoms with E-state index in [9.17, 15) is 9.59 Å². The molecule has 0 bridgehead atoms. The lowest BCUT2D eigenvalue weighted by molar-refractivity contribution is -0.137. The van der Waals surface area contributed by atoms with E-state index >= 15 is 0 Å². The minimum atomic E-state index is -0.359. The molecule has 0 saturated heterocycles. The van der Waals surface area contributed by atoms with Crippen molar-refractivity contribution in [1.29, 1.82) is 0 Å². The molecule has 5 nitrogen and oxygen atoms in total. The predicted octanol–water partition coefficient (Wildman–Crippen LogP) is 3.94. The molecule has 25 heavy (non-hydrogen) atoms. The van der Waals surface area contributed by atoms with Crippen LogP contribution in [0, 0.1) is 0 Å². The molecule has 0 aliphatic rings. The molecule has 5 heteroatoms. The highest BCUT2D eigenvalue weighted by atomic mass is 16.5. The molecular weight excluding hydrogens is 318 g/mol. The third kappa shape index (κ3) is 6.43. The maximum Gasteiger partial charge on any atom is 0.330 e. The topological polar surface area (TPSA) is 65.0 Å². The van der Waals surface area contributed by atoms with Crippen molar-refractivity contribution < 1.29 is 19.1 Å². The molecular formula is C20H19NO4. The minimum absolute atomic E-state index is 0.349. The molecule has 2 aromatic carbocycles. The number of carbonyl (C=O) groups is 2. The van der Waals surface area contributed by atoms with Crippen molar-refractivity contribution in [3.63, 3.8) is 0 Å². The maximum atomic E-state index is 11.3. The van der Waals surface area contributed by atoms with Crippen LogP contribution in [-0.4, -0.2) is 24.8 Å². The summed E-state index contributed by atoms with van der Waals surface area (Å²) in [5.41, 5.74) is 2.57. The van der Waals surface area contributed by atoms with Crippen molar-refractivity contribution in [3.8, 4) is 5.75 Å². The highest BCUT2D eigenvalue weighted by Gasteiger charge is 1.97. The summed E-state index contributed by atoms with van der Waals surface area (Å²) in [6.45, 7) is 3.49. The summed E-state index contributed by atoms with van der Waals surface area (Å²) in [4.78, 5) is 26.5. The minimum Gasteiger partial charge on any atom is -0.463 e. The van der Waals surface area contributed by atoms with Gasteiger partial charge in [-0.05, 0) is 60.5 Å². The van der Waals surface area contributed by atoms with Gasteiger partial charge in [0.2, 0.25) is 0 Å². The SMILES string of the molecule is CCOC(=O)C=Cc1ccc(N=Cc2ccc(OC(C)=O)cc2)cc1. The van der Waals surface area contributed by atoms with Crippen LogP contribution >= 0.6 is 0 Å². The Balaban J connectivity index is 1.97. The Morgan fingerprint density at radius 1 is 1.00 bits per heavy atom. The molecule has 0 saturated carbocycles. The predicted molar refractivity (Wildman–Crippen MR) is 97.1 cm³/mol. The average Bonchev–Trinajstić information content (AvgIpc) is 2.60. The molecule has 0 spiro atoms. The van der Waals surface area contributed by atoms with Crippen LogP contribution in [0.3, 0.4) is 0 Å². The van der Waals surface area contributed by atoms with Crippen LogP contribution in [0.4, 0.5) is 5.69 Å². The van der Waals surface area contributed by atoms with E-state index in [-0.39, 0.29) is 11.9 Å². The molecule has 0 atom stereocenters. The van der Waals surface area contributed by atoms with E-state index in [1.165, 1.54) is 13.0 Å². The molecule has 2 rings (SSSR count). The monoisotopic (exact) mass is 337 g/mol. The normalized spacial score (nSPS) is 11.0. The number of ether oxygens (including phenoxy) is 2. The first-order valence-corrected chi connectivity index (χ1v) is 7.84. The quantitative estimate of drug-likeness (QED) is 0.347. The van der Waals surface area contributed by atoms with Gasteiger partial charge in [0, 0.05) is 19.2 Å². The van der Waals surface area contributed by atoms with Gasteiger partial charge < -0.3 is 9.47 Å². The van der Waals surface area contributed by atoms with E-state index in [1.54, 1.807) is 31.3 Å².